The lowest BCUT2D eigenvalue weighted by Crippen LogP contribution is -2.52. The first-order chi connectivity index (χ1) is 4.96. The topological polar surface area (TPSA) is 26.0 Å². The molecule has 1 aliphatic rings. The van der Waals surface area contributed by atoms with Gasteiger partial charge in [-0.05, 0) is 0 Å². The third kappa shape index (κ3) is 1.45. The van der Waals surface area contributed by atoms with Gasteiger partial charge in [-0.3, -0.25) is 0 Å². The van der Waals surface area contributed by atoms with E-state index in [9.17, 15) is 13.2 Å². The monoisotopic (exact) mass is 162 g/mol. The lowest BCUT2D eigenvalue weighted by Gasteiger charge is -2.28. The second-order valence-corrected chi connectivity index (χ2v) is 2.34. The first kappa shape index (κ1) is 8.33. The molecule has 1 unspecified atom stereocenters. The maximum atomic E-state index is 12.1. The summed E-state index contributed by atoms with van der Waals surface area (Å²) in [5.41, 5.74) is 2.74. The fourth-order valence-electron chi connectivity index (χ4n) is 0.738. The van der Waals surface area contributed by atoms with Gasteiger partial charge < -0.3 is 5.73 Å². The minimum Gasteiger partial charge on any atom is -0.314 e. The van der Waals surface area contributed by atoms with Gasteiger partial charge in [0.05, 0.1) is 0 Å². The van der Waals surface area contributed by atoms with Crippen LogP contribution in [0.5, 0.6) is 0 Å². The van der Waals surface area contributed by atoms with Crippen molar-refractivity contribution >= 4 is 0 Å². The maximum absolute atomic E-state index is 12.1. The highest BCUT2D eigenvalue weighted by atomic mass is 19.4. The number of rotatable bonds is 0. The highest BCUT2D eigenvalue weighted by Gasteiger charge is 2.49. The van der Waals surface area contributed by atoms with Crippen LogP contribution >= 0.6 is 0 Å². The summed E-state index contributed by atoms with van der Waals surface area (Å²) in [6.45, 7) is 0. The summed E-state index contributed by atoms with van der Waals surface area (Å²) in [4.78, 5) is 0. The number of halogens is 3. The SMILES string of the molecule is NC1(C(F)(F)F)[CH]C=CC=C1. The Balaban J connectivity index is 2.84. The molecule has 0 aromatic rings. The molecule has 0 spiro atoms. The Hall–Kier alpha value is -0.770. The van der Waals surface area contributed by atoms with Crippen LogP contribution in [0.25, 0.3) is 0 Å². The molecule has 0 heterocycles. The van der Waals surface area contributed by atoms with E-state index in [1.807, 2.05) is 0 Å². The summed E-state index contributed by atoms with van der Waals surface area (Å²) in [7, 11) is 0. The first-order valence-electron chi connectivity index (χ1n) is 3.02. The van der Waals surface area contributed by atoms with Crippen LogP contribution in [0.1, 0.15) is 0 Å². The molecule has 1 aliphatic carbocycles. The Morgan fingerprint density at radius 2 is 1.73 bits per heavy atom. The van der Waals surface area contributed by atoms with Crippen molar-refractivity contribution in [2.45, 2.75) is 11.7 Å². The van der Waals surface area contributed by atoms with Gasteiger partial charge in [-0.25, -0.2) is 0 Å². The van der Waals surface area contributed by atoms with Crippen LogP contribution < -0.4 is 5.73 Å². The molecule has 0 aromatic heterocycles. The van der Waals surface area contributed by atoms with Gasteiger partial charge in [0.15, 0.2) is 0 Å². The largest absolute Gasteiger partial charge is 0.410 e. The highest BCUT2D eigenvalue weighted by Crippen LogP contribution is 2.33. The maximum Gasteiger partial charge on any atom is 0.410 e. The fraction of sp³-hybridized carbons (Fsp3) is 0.286. The number of allylic oxidation sites excluding steroid dienone is 2. The van der Waals surface area contributed by atoms with Gasteiger partial charge in [0.25, 0.3) is 0 Å². The molecule has 4 heteroatoms. The Morgan fingerprint density at radius 3 is 2.00 bits per heavy atom. The van der Waals surface area contributed by atoms with E-state index in [1.54, 1.807) is 0 Å². The van der Waals surface area contributed by atoms with Crippen molar-refractivity contribution in [2.75, 3.05) is 0 Å². The number of nitrogens with two attached hydrogens (primary N) is 1. The van der Waals surface area contributed by atoms with Gasteiger partial charge in [0.1, 0.15) is 5.54 Å². The summed E-state index contributed by atoms with van der Waals surface area (Å²) in [5.74, 6) is 0. The van der Waals surface area contributed by atoms with Crippen LogP contribution in [0.15, 0.2) is 24.3 Å². The summed E-state index contributed by atoms with van der Waals surface area (Å²) in [6, 6.07) is 0. The van der Waals surface area contributed by atoms with E-state index >= 15 is 0 Å². The molecule has 0 bridgehead atoms. The summed E-state index contributed by atoms with van der Waals surface area (Å²) < 4.78 is 36.3. The van der Waals surface area contributed by atoms with E-state index in [4.69, 9.17) is 5.73 Å². The van der Waals surface area contributed by atoms with Gasteiger partial charge in [0.2, 0.25) is 0 Å². The van der Waals surface area contributed by atoms with E-state index < -0.39 is 11.7 Å². The molecular formula is C7H7F3N. The van der Waals surface area contributed by atoms with E-state index in [-0.39, 0.29) is 0 Å². The van der Waals surface area contributed by atoms with Gasteiger partial charge in [-0.15, -0.1) is 0 Å². The normalized spacial score (nSPS) is 30.9. The van der Waals surface area contributed by atoms with E-state index in [1.165, 1.54) is 18.2 Å². The fourth-order valence-corrected chi connectivity index (χ4v) is 0.738. The minimum atomic E-state index is -4.41. The second-order valence-electron chi connectivity index (χ2n) is 2.34. The van der Waals surface area contributed by atoms with Crippen LogP contribution in [0.2, 0.25) is 0 Å². The predicted molar refractivity (Wildman–Crippen MR) is 35.6 cm³/mol. The van der Waals surface area contributed by atoms with Crippen molar-refractivity contribution in [2.24, 2.45) is 5.73 Å². The molecule has 0 amide bonds. The average Bonchev–Trinajstić information content (AvgIpc) is 1.87. The lowest BCUT2D eigenvalue weighted by molar-refractivity contribution is -0.161. The molecule has 0 fully saturated rings. The molecule has 1 rings (SSSR count). The Kier molecular flexibility index (Phi) is 1.80. The predicted octanol–water partition coefficient (Wildman–Crippen LogP) is 1.58. The van der Waals surface area contributed by atoms with Crippen molar-refractivity contribution in [1.29, 1.82) is 0 Å². The number of hydrogen-bond acceptors (Lipinski definition) is 1. The molecular weight excluding hydrogens is 155 g/mol. The Labute approximate surface area is 62.4 Å². The molecule has 0 aliphatic heterocycles. The first-order valence-corrected chi connectivity index (χ1v) is 3.02. The van der Waals surface area contributed by atoms with E-state index in [0.717, 1.165) is 12.5 Å². The molecule has 0 aromatic carbocycles. The zero-order chi connectivity index (χ0) is 8.54. The van der Waals surface area contributed by atoms with Crippen molar-refractivity contribution in [3.8, 4) is 0 Å². The van der Waals surface area contributed by atoms with Crippen molar-refractivity contribution < 1.29 is 13.2 Å². The molecule has 1 atom stereocenters. The lowest BCUT2D eigenvalue weighted by atomic mass is 9.92. The average molecular weight is 162 g/mol. The van der Waals surface area contributed by atoms with E-state index in [2.05, 4.69) is 0 Å². The molecule has 11 heavy (non-hydrogen) atoms. The van der Waals surface area contributed by atoms with Gasteiger partial charge in [-0.1, -0.05) is 24.3 Å². The standard InChI is InChI=1S/C7H7F3N/c8-7(9,10)6(11)4-2-1-3-5-6/h1-5H,11H2. The minimum absolute atomic E-state index is 0.924. The van der Waals surface area contributed by atoms with Crippen LogP contribution in [0.4, 0.5) is 13.2 Å². The van der Waals surface area contributed by atoms with Crippen LogP contribution in [-0.2, 0) is 0 Å². The molecule has 2 N–H and O–H groups in total. The summed E-state index contributed by atoms with van der Waals surface area (Å²) in [5, 5.41) is 0. The van der Waals surface area contributed by atoms with Crippen molar-refractivity contribution in [3.05, 3.63) is 30.7 Å². The second kappa shape index (κ2) is 2.37. The summed E-state index contributed by atoms with van der Waals surface area (Å²) in [6.07, 6.45) is 1.51. The van der Waals surface area contributed by atoms with Gasteiger partial charge in [0, 0.05) is 6.42 Å². The van der Waals surface area contributed by atoms with Gasteiger partial charge >= 0.3 is 6.18 Å². The molecule has 1 nitrogen and oxygen atoms in total. The highest BCUT2D eigenvalue weighted by molar-refractivity contribution is 5.31. The third-order valence-electron chi connectivity index (χ3n) is 1.46. The smallest absolute Gasteiger partial charge is 0.314 e. The van der Waals surface area contributed by atoms with Crippen LogP contribution in [0, 0.1) is 6.42 Å². The Morgan fingerprint density at radius 1 is 1.09 bits per heavy atom. The zero-order valence-corrected chi connectivity index (χ0v) is 5.60. The number of hydrogen-bond donors (Lipinski definition) is 1. The third-order valence-corrected chi connectivity index (χ3v) is 1.46. The molecule has 61 valence electrons. The quantitative estimate of drug-likeness (QED) is 0.575. The Bertz CT molecular complexity index is 204. The molecule has 1 radical (unpaired) electrons. The van der Waals surface area contributed by atoms with E-state index in [0.29, 0.717) is 0 Å². The summed E-state index contributed by atoms with van der Waals surface area (Å²) >= 11 is 0. The van der Waals surface area contributed by atoms with Gasteiger partial charge in [-0.2, -0.15) is 13.2 Å². The van der Waals surface area contributed by atoms with Crippen molar-refractivity contribution in [3.63, 3.8) is 0 Å². The number of alkyl halides is 3. The molecule has 0 saturated heterocycles. The van der Waals surface area contributed by atoms with Crippen LogP contribution in [-0.4, -0.2) is 11.7 Å². The van der Waals surface area contributed by atoms with Crippen molar-refractivity contribution in [1.82, 2.24) is 0 Å². The zero-order valence-electron chi connectivity index (χ0n) is 5.60. The molecule has 0 saturated carbocycles. The van der Waals surface area contributed by atoms with Crippen LogP contribution in [0.3, 0.4) is 0 Å².